The highest BCUT2D eigenvalue weighted by molar-refractivity contribution is 6.31. The quantitative estimate of drug-likeness (QED) is 0.851. The van der Waals surface area contributed by atoms with Gasteiger partial charge in [-0.05, 0) is 31.0 Å². The van der Waals surface area contributed by atoms with E-state index in [1.807, 2.05) is 36.4 Å². The Hall–Kier alpha value is -2.13. The van der Waals surface area contributed by atoms with E-state index in [4.69, 9.17) is 16.6 Å². The molecule has 1 aliphatic carbocycles. The van der Waals surface area contributed by atoms with Gasteiger partial charge in [0.05, 0.1) is 6.04 Å². The first-order valence-electron chi connectivity index (χ1n) is 8.46. The van der Waals surface area contributed by atoms with Gasteiger partial charge < -0.3 is 5.32 Å². The van der Waals surface area contributed by atoms with Gasteiger partial charge >= 0.3 is 0 Å². The van der Waals surface area contributed by atoms with Gasteiger partial charge in [0.1, 0.15) is 5.84 Å². The molecule has 0 spiro atoms. The number of aliphatic imine (C=N–C) groups is 1. The van der Waals surface area contributed by atoms with Crippen LogP contribution in [-0.4, -0.2) is 23.7 Å². The van der Waals surface area contributed by atoms with Crippen LogP contribution in [0.1, 0.15) is 47.2 Å². The first kappa shape index (κ1) is 15.4. The number of carbonyl (C=O) groups is 1. The van der Waals surface area contributed by atoms with E-state index in [1.165, 1.54) is 12.8 Å². The SMILES string of the molecule is O=C(c1ccccc1)c1ccc(Cl)cc1C1=N[C@@H]2CCCC[C@H]2N1. The third-order valence-electron chi connectivity index (χ3n) is 4.86. The lowest BCUT2D eigenvalue weighted by Gasteiger charge is -2.23. The van der Waals surface area contributed by atoms with Crippen LogP contribution in [0.3, 0.4) is 0 Å². The Morgan fingerprint density at radius 3 is 2.67 bits per heavy atom. The first-order chi connectivity index (χ1) is 11.7. The van der Waals surface area contributed by atoms with Crippen molar-refractivity contribution in [1.82, 2.24) is 5.32 Å². The van der Waals surface area contributed by atoms with Crippen molar-refractivity contribution in [2.45, 2.75) is 37.8 Å². The van der Waals surface area contributed by atoms with Crippen LogP contribution in [0, 0.1) is 0 Å². The van der Waals surface area contributed by atoms with Crippen LogP contribution < -0.4 is 5.32 Å². The van der Waals surface area contributed by atoms with Crippen molar-refractivity contribution in [2.75, 3.05) is 0 Å². The predicted molar refractivity (Wildman–Crippen MR) is 97.0 cm³/mol. The van der Waals surface area contributed by atoms with E-state index >= 15 is 0 Å². The van der Waals surface area contributed by atoms with Crippen LogP contribution in [0.2, 0.25) is 5.02 Å². The maximum absolute atomic E-state index is 12.9. The maximum Gasteiger partial charge on any atom is 0.193 e. The molecule has 0 aromatic heterocycles. The van der Waals surface area contributed by atoms with Gasteiger partial charge in [0.2, 0.25) is 0 Å². The molecule has 2 aromatic rings. The van der Waals surface area contributed by atoms with E-state index in [2.05, 4.69) is 5.32 Å². The average molecular weight is 339 g/mol. The standard InChI is InChI=1S/C20H19ClN2O/c21-14-10-11-15(19(24)13-6-2-1-3-7-13)16(12-14)20-22-17-8-4-5-9-18(17)23-20/h1-3,6-7,10-12,17-18H,4-5,8-9H2,(H,22,23)/t17-,18-/m1/s1. The Balaban J connectivity index is 1.73. The minimum absolute atomic E-state index is 0.00152. The van der Waals surface area contributed by atoms with Gasteiger partial charge in [0.25, 0.3) is 0 Å². The largest absolute Gasteiger partial charge is 0.365 e. The molecule has 1 heterocycles. The fraction of sp³-hybridized carbons (Fsp3) is 0.300. The molecule has 1 aliphatic heterocycles. The topological polar surface area (TPSA) is 41.5 Å². The first-order valence-corrected chi connectivity index (χ1v) is 8.84. The lowest BCUT2D eigenvalue weighted by molar-refractivity contribution is 0.103. The Kier molecular flexibility index (Phi) is 4.11. The Labute approximate surface area is 146 Å². The molecule has 0 saturated heterocycles. The van der Waals surface area contributed by atoms with Crippen LogP contribution in [0.25, 0.3) is 0 Å². The second-order valence-corrected chi connectivity index (χ2v) is 6.90. The molecular formula is C20H19ClN2O. The molecule has 0 radical (unpaired) electrons. The number of benzene rings is 2. The fourth-order valence-electron chi connectivity index (χ4n) is 3.62. The summed E-state index contributed by atoms with van der Waals surface area (Å²) in [5, 5.41) is 4.14. The van der Waals surface area contributed by atoms with Crippen molar-refractivity contribution in [3.05, 3.63) is 70.2 Å². The molecule has 1 N–H and O–H groups in total. The lowest BCUT2D eigenvalue weighted by Crippen LogP contribution is -2.37. The van der Waals surface area contributed by atoms with E-state index < -0.39 is 0 Å². The maximum atomic E-state index is 12.9. The summed E-state index contributed by atoms with van der Waals surface area (Å²) in [6.07, 6.45) is 4.72. The number of ketones is 1. The number of nitrogens with one attached hydrogen (secondary N) is 1. The summed E-state index contributed by atoms with van der Waals surface area (Å²) in [5.41, 5.74) is 2.14. The van der Waals surface area contributed by atoms with Crippen LogP contribution >= 0.6 is 11.6 Å². The molecule has 2 atom stereocenters. The summed E-state index contributed by atoms with van der Waals surface area (Å²) in [4.78, 5) is 17.8. The van der Waals surface area contributed by atoms with E-state index in [1.54, 1.807) is 12.1 Å². The second-order valence-electron chi connectivity index (χ2n) is 6.47. The molecule has 0 amide bonds. The van der Waals surface area contributed by atoms with E-state index in [0.29, 0.717) is 28.2 Å². The molecular weight excluding hydrogens is 320 g/mol. The van der Waals surface area contributed by atoms with Crippen molar-refractivity contribution in [3.8, 4) is 0 Å². The van der Waals surface area contributed by atoms with E-state index in [9.17, 15) is 4.79 Å². The highest BCUT2D eigenvalue weighted by Crippen LogP contribution is 2.28. The lowest BCUT2D eigenvalue weighted by atomic mass is 9.92. The summed E-state index contributed by atoms with van der Waals surface area (Å²) in [7, 11) is 0. The third-order valence-corrected chi connectivity index (χ3v) is 5.10. The van der Waals surface area contributed by atoms with Crippen LogP contribution in [0.5, 0.6) is 0 Å². The van der Waals surface area contributed by atoms with Crippen LogP contribution in [-0.2, 0) is 0 Å². The molecule has 0 bridgehead atoms. The van der Waals surface area contributed by atoms with Crippen molar-refractivity contribution in [3.63, 3.8) is 0 Å². The van der Waals surface area contributed by atoms with Crippen molar-refractivity contribution in [2.24, 2.45) is 4.99 Å². The van der Waals surface area contributed by atoms with Gasteiger partial charge in [-0.2, -0.15) is 0 Å². The number of rotatable bonds is 3. The fourth-order valence-corrected chi connectivity index (χ4v) is 3.79. The zero-order valence-corrected chi connectivity index (χ0v) is 14.1. The summed E-state index contributed by atoms with van der Waals surface area (Å²) >= 11 is 6.20. The zero-order chi connectivity index (χ0) is 16.5. The minimum atomic E-state index is 0.00152. The Morgan fingerprint density at radius 2 is 1.88 bits per heavy atom. The van der Waals surface area contributed by atoms with Crippen molar-refractivity contribution < 1.29 is 4.79 Å². The van der Waals surface area contributed by atoms with Crippen molar-refractivity contribution >= 4 is 23.2 Å². The van der Waals surface area contributed by atoms with Gasteiger partial charge in [-0.25, -0.2) is 0 Å². The van der Waals surface area contributed by atoms with Gasteiger partial charge in [0, 0.05) is 27.8 Å². The molecule has 4 rings (SSSR count). The molecule has 1 fully saturated rings. The summed E-state index contributed by atoms with van der Waals surface area (Å²) in [6.45, 7) is 0. The molecule has 1 saturated carbocycles. The number of hydrogen-bond donors (Lipinski definition) is 1. The molecule has 4 heteroatoms. The molecule has 2 aromatic carbocycles. The van der Waals surface area contributed by atoms with Crippen LogP contribution in [0.4, 0.5) is 0 Å². The highest BCUT2D eigenvalue weighted by Gasteiger charge is 2.32. The average Bonchev–Trinajstić information content (AvgIpc) is 3.06. The number of nitrogens with zero attached hydrogens (tertiary/aromatic N) is 1. The normalized spacial score (nSPS) is 22.5. The van der Waals surface area contributed by atoms with Crippen LogP contribution in [0.15, 0.2) is 53.5 Å². The monoisotopic (exact) mass is 338 g/mol. The number of halogens is 1. The van der Waals surface area contributed by atoms with Gasteiger partial charge in [-0.3, -0.25) is 9.79 Å². The summed E-state index contributed by atoms with van der Waals surface area (Å²) < 4.78 is 0. The Morgan fingerprint density at radius 1 is 1.08 bits per heavy atom. The third kappa shape index (κ3) is 2.84. The summed E-state index contributed by atoms with van der Waals surface area (Å²) in [5.74, 6) is 0.815. The molecule has 3 nitrogen and oxygen atoms in total. The molecule has 2 aliphatic rings. The van der Waals surface area contributed by atoms with Crippen molar-refractivity contribution in [1.29, 1.82) is 0 Å². The Bertz CT molecular complexity index is 801. The summed E-state index contributed by atoms with van der Waals surface area (Å²) in [6, 6.07) is 15.5. The second kappa shape index (κ2) is 6.40. The molecule has 122 valence electrons. The number of amidine groups is 1. The van der Waals surface area contributed by atoms with Gasteiger partial charge in [-0.1, -0.05) is 54.8 Å². The number of fused-ring (bicyclic) bond motifs is 1. The predicted octanol–water partition coefficient (Wildman–Crippen LogP) is 4.23. The van der Waals surface area contributed by atoms with Gasteiger partial charge in [0.15, 0.2) is 5.78 Å². The molecule has 24 heavy (non-hydrogen) atoms. The van der Waals surface area contributed by atoms with Gasteiger partial charge in [-0.15, -0.1) is 0 Å². The zero-order valence-electron chi connectivity index (χ0n) is 13.3. The highest BCUT2D eigenvalue weighted by atomic mass is 35.5. The van der Waals surface area contributed by atoms with E-state index in [0.717, 1.165) is 24.2 Å². The number of hydrogen-bond acceptors (Lipinski definition) is 3. The van der Waals surface area contributed by atoms with E-state index in [-0.39, 0.29) is 5.78 Å². The minimum Gasteiger partial charge on any atom is -0.365 e. The molecule has 0 unspecified atom stereocenters. The smallest absolute Gasteiger partial charge is 0.193 e. The number of carbonyl (C=O) groups excluding carboxylic acids is 1.